The summed E-state index contributed by atoms with van der Waals surface area (Å²) < 4.78 is 43.2. The van der Waals surface area contributed by atoms with E-state index in [1.54, 1.807) is 27.0 Å². The van der Waals surface area contributed by atoms with Gasteiger partial charge in [-0.1, -0.05) is 43.2 Å². The molecular formula is C33H42N6O5S. The first kappa shape index (κ1) is 31.4. The number of aryl methyl sites for hydroxylation is 1. The summed E-state index contributed by atoms with van der Waals surface area (Å²) in [6, 6.07) is 14.4. The predicted molar refractivity (Wildman–Crippen MR) is 172 cm³/mol. The number of nitrogens with one attached hydrogen (secondary N) is 1. The molecule has 0 bridgehead atoms. The van der Waals surface area contributed by atoms with Gasteiger partial charge in [0.05, 0.1) is 36.0 Å². The van der Waals surface area contributed by atoms with Crippen molar-refractivity contribution in [2.24, 2.45) is 0 Å². The van der Waals surface area contributed by atoms with Gasteiger partial charge in [-0.3, -0.25) is 9.69 Å². The van der Waals surface area contributed by atoms with E-state index in [2.05, 4.69) is 9.88 Å². The van der Waals surface area contributed by atoms with Crippen molar-refractivity contribution in [2.45, 2.75) is 63.3 Å². The molecule has 2 aromatic heterocycles. The molecule has 0 amide bonds. The highest BCUT2D eigenvalue weighted by molar-refractivity contribution is 7.89. The van der Waals surface area contributed by atoms with Gasteiger partial charge in [-0.15, -0.1) is 5.10 Å². The Morgan fingerprint density at radius 3 is 2.58 bits per heavy atom. The van der Waals surface area contributed by atoms with E-state index in [1.807, 2.05) is 44.2 Å². The fourth-order valence-corrected chi connectivity index (χ4v) is 7.91. The number of hydrogen-bond acceptors (Lipinski definition) is 8. The van der Waals surface area contributed by atoms with Crippen LogP contribution in [0.15, 0.2) is 58.2 Å². The molecule has 0 spiro atoms. The first-order chi connectivity index (χ1) is 21.8. The van der Waals surface area contributed by atoms with Crippen molar-refractivity contribution in [1.82, 2.24) is 28.8 Å². The summed E-state index contributed by atoms with van der Waals surface area (Å²) in [6.45, 7) is 8.54. The highest BCUT2D eigenvalue weighted by Gasteiger charge is 2.28. The molecule has 2 aromatic carbocycles. The van der Waals surface area contributed by atoms with E-state index in [1.165, 1.54) is 0 Å². The molecule has 2 fully saturated rings. The molecule has 2 aliphatic rings. The molecule has 1 saturated carbocycles. The Hall–Kier alpha value is -3.58. The molecule has 11 nitrogen and oxygen atoms in total. The number of ether oxygens (including phenoxy) is 2. The third-order valence-electron chi connectivity index (χ3n) is 8.75. The largest absolute Gasteiger partial charge is 0.493 e. The second kappa shape index (κ2) is 13.8. The Labute approximate surface area is 264 Å². The summed E-state index contributed by atoms with van der Waals surface area (Å²) in [7, 11) is -3.94. The van der Waals surface area contributed by atoms with Crippen molar-refractivity contribution in [2.75, 3.05) is 46.0 Å². The standard InChI is InChI=1S/C33H42N6O5S/c1-3-44-29-15-14-27(22-28(29)31-35-33(40)30-24(2)34-32(39(30)36-31)26-12-7-8-13-26)45(41,42)38(23-25-10-5-4-6-11-25)17-9-16-37-18-20-43-21-19-37/h4-6,10-11,14-15,22,26H,3,7-9,12-13,16-21,23H2,1-2H3,(H,35,36,40). The Morgan fingerprint density at radius 1 is 1.09 bits per heavy atom. The van der Waals surface area contributed by atoms with Gasteiger partial charge in [0.15, 0.2) is 11.3 Å². The van der Waals surface area contributed by atoms with E-state index >= 15 is 0 Å². The van der Waals surface area contributed by atoms with Crippen LogP contribution in [0.5, 0.6) is 5.75 Å². The van der Waals surface area contributed by atoms with Crippen molar-refractivity contribution in [3.63, 3.8) is 0 Å². The maximum atomic E-state index is 14.3. The Morgan fingerprint density at radius 2 is 1.84 bits per heavy atom. The fraction of sp³-hybridized carbons (Fsp3) is 0.485. The third-order valence-corrected chi connectivity index (χ3v) is 10.6. The maximum Gasteiger partial charge on any atom is 0.277 e. The van der Waals surface area contributed by atoms with Crippen LogP contribution < -0.4 is 10.3 Å². The van der Waals surface area contributed by atoms with Gasteiger partial charge in [-0.05, 0) is 63.4 Å². The summed E-state index contributed by atoms with van der Waals surface area (Å²) >= 11 is 0. The zero-order valence-electron chi connectivity index (χ0n) is 26.1. The molecule has 12 heteroatoms. The molecular weight excluding hydrogens is 592 g/mol. The topological polar surface area (TPSA) is 122 Å². The minimum absolute atomic E-state index is 0.115. The lowest BCUT2D eigenvalue weighted by molar-refractivity contribution is 0.0368. The van der Waals surface area contributed by atoms with Crippen LogP contribution >= 0.6 is 0 Å². The number of aromatic amines is 1. The van der Waals surface area contributed by atoms with Crippen LogP contribution in [0.3, 0.4) is 0 Å². The number of benzene rings is 2. The monoisotopic (exact) mass is 634 g/mol. The van der Waals surface area contributed by atoms with Gasteiger partial charge in [0.25, 0.3) is 5.56 Å². The molecule has 240 valence electrons. The summed E-state index contributed by atoms with van der Waals surface area (Å²) in [6.07, 6.45) is 4.93. The molecule has 1 N–H and O–H groups in total. The lowest BCUT2D eigenvalue weighted by Gasteiger charge is -2.28. The van der Waals surface area contributed by atoms with Gasteiger partial charge >= 0.3 is 0 Å². The number of morpholine rings is 1. The SMILES string of the molecule is CCOc1ccc(S(=O)(=O)N(CCCN2CCOCC2)Cc2ccccc2)cc1-c1nn2c(C3CCCC3)nc(C)c2c(=O)[nH]1. The smallest absolute Gasteiger partial charge is 0.277 e. The van der Waals surface area contributed by atoms with Crippen LogP contribution in [-0.2, 0) is 21.3 Å². The number of imidazole rings is 1. The number of fused-ring (bicyclic) bond motifs is 1. The predicted octanol–water partition coefficient (Wildman–Crippen LogP) is 4.36. The minimum Gasteiger partial charge on any atom is -0.493 e. The van der Waals surface area contributed by atoms with Gasteiger partial charge in [0.1, 0.15) is 11.6 Å². The molecule has 4 aromatic rings. The number of rotatable bonds is 12. The van der Waals surface area contributed by atoms with Gasteiger partial charge in [-0.25, -0.2) is 17.9 Å². The second-order valence-electron chi connectivity index (χ2n) is 11.8. The lowest BCUT2D eigenvalue weighted by Crippen LogP contribution is -2.39. The Balaban J connectivity index is 1.37. The third kappa shape index (κ3) is 6.84. The molecule has 3 heterocycles. The fourth-order valence-electron chi connectivity index (χ4n) is 6.41. The van der Waals surface area contributed by atoms with Gasteiger partial charge < -0.3 is 14.5 Å². The van der Waals surface area contributed by atoms with E-state index in [4.69, 9.17) is 19.6 Å². The summed E-state index contributed by atoms with van der Waals surface area (Å²) in [5.41, 5.74) is 2.04. The van der Waals surface area contributed by atoms with Crippen molar-refractivity contribution in [1.29, 1.82) is 0 Å². The van der Waals surface area contributed by atoms with E-state index in [9.17, 15) is 13.2 Å². The molecule has 0 atom stereocenters. The lowest BCUT2D eigenvalue weighted by atomic mass is 10.1. The summed E-state index contributed by atoms with van der Waals surface area (Å²) in [4.78, 5) is 23.5. The number of nitrogens with zero attached hydrogens (tertiary/aromatic N) is 5. The van der Waals surface area contributed by atoms with Crippen molar-refractivity contribution < 1.29 is 17.9 Å². The van der Waals surface area contributed by atoms with Crippen molar-refractivity contribution in [3.05, 3.63) is 76.0 Å². The number of hydrogen-bond donors (Lipinski definition) is 1. The van der Waals surface area contributed by atoms with Gasteiger partial charge in [0.2, 0.25) is 10.0 Å². The Kier molecular flexibility index (Phi) is 9.64. The van der Waals surface area contributed by atoms with Crippen molar-refractivity contribution in [3.8, 4) is 17.1 Å². The number of sulfonamides is 1. The van der Waals surface area contributed by atoms with Crippen LogP contribution in [0.25, 0.3) is 16.9 Å². The van der Waals surface area contributed by atoms with E-state index in [0.29, 0.717) is 55.3 Å². The van der Waals surface area contributed by atoms with Crippen LogP contribution in [-0.4, -0.2) is 83.2 Å². The molecule has 0 unspecified atom stereocenters. The highest BCUT2D eigenvalue weighted by atomic mass is 32.2. The van der Waals surface area contributed by atoms with E-state index in [0.717, 1.165) is 56.7 Å². The molecule has 45 heavy (non-hydrogen) atoms. The quantitative estimate of drug-likeness (QED) is 0.244. The first-order valence-corrected chi connectivity index (χ1v) is 17.4. The molecule has 1 saturated heterocycles. The van der Waals surface area contributed by atoms with Crippen molar-refractivity contribution >= 4 is 15.5 Å². The highest BCUT2D eigenvalue weighted by Crippen LogP contribution is 2.35. The van der Waals surface area contributed by atoms with Gasteiger partial charge in [-0.2, -0.15) is 4.31 Å². The zero-order valence-corrected chi connectivity index (χ0v) is 26.9. The van der Waals surface area contributed by atoms with Crippen LogP contribution in [0, 0.1) is 6.92 Å². The second-order valence-corrected chi connectivity index (χ2v) is 13.8. The summed E-state index contributed by atoms with van der Waals surface area (Å²) in [5, 5.41) is 4.85. The van der Waals surface area contributed by atoms with E-state index < -0.39 is 10.0 Å². The Bertz CT molecular complexity index is 1780. The molecule has 1 aliphatic carbocycles. The molecule has 6 rings (SSSR count). The van der Waals surface area contributed by atoms with Gasteiger partial charge in [0, 0.05) is 32.1 Å². The number of aromatic nitrogens is 4. The van der Waals surface area contributed by atoms with Crippen LogP contribution in [0.1, 0.15) is 62.0 Å². The normalized spacial score (nSPS) is 16.6. The summed E-state index contributed by atoms with van der Waals surface area (Å²) in [5.74, 6) is 1.70. The molecule has 0 radical (unpaired) electrons. The van der Waals surface area contributed by atoms with Crippen LogP contribution in [0.4, 0.5) is 0 Å². The number of H-pyrrole nitrogens is 1. The minimum atomic E-state index is -3.94. The average Bonchev–Trinajstić information content (AvgIpc) is 3.70. The zero-order chi connectivity index (χ0) is 31.4. The maximum absolute atomic E-state index is 14.3. The first-order valence-electron chi connectivity index (χ1n) is 16.0. The van der Waals surface area contributed by atoms with Crippen LogP contribution in [0.2, 0.25) is 0 Å². The van der Waals surface area contributed by atoms with E-state index in [-0.39, 0.29) is 28.7 Å². The average molecular weight is 635 g/mol. The molecule has 1 aliphatic heterocycles.